The summed E-state index contributed by atoms with van der Waals surface area (Å²) in [6, 6.07) is 23.5. The lowest BCUT2D eigenvalue weighted by Crippen LogP contribution is -2.57. The smallest absolute Gasteiger partial charge is 0.407 e. The Morgan fingerprint density at radius 1 is 0.875 bits per heavy atom. The molecule has 1 aliphatic carbocycles. The maximum absolute atomic E-state index is 14.2. The Labute approximate surface area is 282 Å². The lowest BCUT2D eigenvalue weighted by molar-refractivity contribution is -0.159. The Kier molecular flexibility index (Phi) is 11.3. The van der Waals surface area contributed by atoms with E-state index in [1.54, 1.807) is 12.1 Å². The molecule has 0 unspecified atom stereocenters. The summed E-state index contributed by atoms with van der Waals surface area (Å²) in [6.07, 6.45) is 1.51. The van der Waals surface area contributed by atoms with Crippen LogP contribution in [0.2, 0.25) is 0 Å². The highest BCUT2D eigenvalue weighted by Crippen LogP contribution is 2.36. The third-order valence-electron chi connectivity index (χ3n) is 9.47. The first kappa shape index (κ1) is 34.3. The van der Waals surface area contributed by atoms with Crippen LogP contribution in [0.4, 0.5) is 4.79 Å². The molecule has 0 radical (unpaired) electrons. The highest BCUT2D eigenvalue weighted by atomic mass is 32.2. The van der Waals surface area contributed by atoms with Gasteiger partial charge in [-0.05, 0) is 61.1 Å². The number of hydrogen-bond donors (Lipinski definition) is 2. The van der Waals surface area contributed by atoms with Crippen LogP contribution in [0, 0.1) is 5.92 Å². The van der Waals surface area contributed by atoms with Crippen molar-refractivity contribution in [1.82, 2.24) is 9.37 Å². The van der Waals surface area contributed by atoms with Crippen molar-refractivity contribution in [2.45, 2.75) is 87.0 Å². The predicted molar refractivity (Wildman–Crippen MR) is 176 cm³/mol. The minimum atomic E-state index is -4.28. The van der Waals surface area contributed by atoms with Crippen molar-refractivity contribution in [3.05, 3.63) is 96.1 Å². The molecule has 2 N–H and O–H groups in total. The van der Waals surface area contributed by atoms with Crippen molar-refractivity contribution in [1.29, 1.82) is 0 Å². The zero-order valence-electron chi connectivity index (χ0n) is 26.9. The summed E-state index contributed by atoms with van der Waals surface area (Å²) in [5.41, 5.74) is 1.79. The van der Waals surface area contributed by atoms with Crippen LogP contribution in [0.3, 0.4) is 0 Å². The number of hydroxylamine groups is 1. The number of carbonyl (C=O) groups is 1. The largest absolute Gasteiger partial charge is 0.489 e. The zero-order chi connectivity index (χ0) is 33.5. The molecular formula is C36H44N2O9S. The molecule has 1 saturated carbocycles. The van der Waals surface area contributed by atoms with Gasteiger partial charge in [-0.25, -0.2) is 13.2 Å². The molecular weight excluding hydrogens is 636 g/mol. The van der Waals surface area contributed by atoms with Crippen molar-refractivity contribution in [2.24, 2.45) is 5.92 Å². The van der Waals surface area contributed by atoms with Crippen LogP contribution in [0.25, 0.3) is 0 Å². The quantitative estimate of drug-likeness (QED) is 0.219. The Balaban J connectivity index is 1.26. The molecule has 12 heteroatoms. The molecule has 11 nitrogen and oxygen atoms in total. The molecule has 3 aliphatic rings. The maximum Gasteiger partial charge on any atom is 0.407 e. The summed E-state index contributed by atoms with van der Waals surface area (Å²) in [5.74, 6) is 0.318. The number of sulfonamides is 1. The first-order valence-electron chi connectivity index (χ1n) is 16.7. The van der Waals surface area contributed by atoms with E-state index in [4.69, 9.17) is 19.0 Å². The summed E-state index contributed by atoms with van der Waals surface area (Å²) in [4.78, 5) is 20.4. The van der Waals surface area contributed by atoms with Gasteiger partial charge in [-0.15, -0.1) is 0 Å². The predicted octanol–water partition coefficient (Wildman–Crippen LogP) is 5.23. The fourth-order valence-electron chi connectivity index (χ4n) is 6.91. The highest BCUT2D eigenvalue weighted by Gasteiger charge is 2.49. The first-order valence-corrected chi connectivity index (χ1v) is 18.2. The summed E-state index contributed by atoms with van der Waals surface area (Å²) in [7, 11) is -4.28. The van der Waals surface area contributed by atoms with Crippen molar-refractivity contribution in [2.75, 3.05) is 19.8 Å². The van der Waals surface area contributed by atoms with E-state index in [1.165, 1.54) is 17.0 Å². The Hall–Kier alpha value is -3.52. The van der Waals surface area contributed by atoms with E-state index in [0.29, 0.717) is 38.2 Å². The zero-order valence-corrected chi connectivity index (χ0v) is 27.7. The molecule has 1 amide bonds. The third kappa shape index (κ3) is 8.19. The van der Waals surface area contributed by atoms with Gasteiger partial charge in [-0.2, -0.15) is 0 Å². The van der Waals surface area contributed by atoms with Crippen molar-refractivity contribution in [3.63, 3.8) is 0 Å². The van der Waals surface area contributed by atoms with Gasteiger partial charge in [0.05, 0.1) is 48.9 Å². The summed E-state index contributed by atoms with van der Waals surface area (Å²) < 4.78 is 46.6. The SMILES string of the molecule is O=C(O)N([C@H]1CO[C@H]2OCC[C@H]21)[C@@H](Cc1ccccc1)[C@H](O)CN(OC1CCCCC1)S(=O)(=O)c1ccc(OCc2ccccc2)cc1. The van der Waals surface area contributed by atoms with Crippen molar-refractivity contribution in [3.8, 4) is 5.75 Å². The molecule has 258 valence electrons. The van der Waals surface area contributed by atoms with Gasteiger partial charge < -0.3 is 24.4 Å². The van der Waals surface area contributed by atoms with Crippen LogP contribution in [0.15, 0.2) is 89.8 Å². The van der Waals surface area contributed by atoms with Gasteiger partial charge in [0.1, 0.15) is 12.4 Å². The number of nitrogens with zero attached hydrogens (tertiary/aromatic N) is 2. The van der Waals surface area contributed by atoms with Gasteiger partial charge in [0.2, 0.25) is 0 Å². The average molecular weight is 681 g/mol. The van der Waals surface area contributed by atoms with Crippen molar-refractivity contribution >= 4 is 16.1 Å². The molecule has 0 bridgehead atoms. The summed E-state index contributed by atoms with van der Waals surface area (Å²) >= 11 is 0. The fraction of sp³-hybridized carbons (Fsp3) is 0.472. The molecule has 2 heterocycles. The lowest BCUT2D eigenvalue weighted by Gasteiger charge is -2.39. The Morgan fingerprint density at radius 2 is 1.54 bits per heavy atom. The molecule has 0 aromatic heterocycles. The number of aliphatic hydroxyl groups is 1. The normalized spacial score (nSPS) is 22.7. The van der Waals surface area contributed by atoms with E-state index in [-0.39, 0.29) is 29.9 Å². The second-order valence-corrected chi connectivity index (χ2v) is 14.5. The minimum absolute atomic E-state index is 0.0255. The monoisotopic (exact) mass is 680 g/mol. The number of benzene rings is 3. The van der Waals surface area contributed by atoms with Crippen LogP contribution in [-0.4, -0.2) is 84.4 Å². The molecule has 3 aromatic rings. The van der Waals surface area contributed by atoms with Gasteiger partial charge in [0, 0.05) is 5.92 Å². The first-order chi connectivity index (χ1) is 23.3. The van der Waals surface area contributed by atoms with Crippen LogP contribution in [0.5, 0.6) is 5.75 Å². The molecule has 3 fully saturated rings. The second kappa shape index (κ2) is 15.8. The van der Waals surface area contributed by atoms with E-state index in [0.717, 1.165) is 34.9 Å². The average Bonchev–Trinajstić information content (AvgIpc) is 3.73. The van der Waals surface area contributed by atoms with Gasteiger partial charge in [0.25, 0.3) is 10.0 Å². The van der Waals surface area contributed by atoms with Crippen molar-refractivity contribution < 1.29 is 42.5 Å². The van der Waals surface area contributed by atoms with Gasteiger partial charge in [-0.1, -0.05) is 84.4 Å². The fourth-order valence-corrected chi connectivity index (χ4v) is 8.21. The van der Waals surface area contributed by atoms with Crippen LogP contribution >= 0.6 is 0 Å². The van der Waals surface area contributed by atoms with Crippen LogP contribution in [-0.2, 0) is 37.4 Å². The number of amides is 1. The summed E-state index contributed by atoms with van der Waals surface area (Å²) in [5, 5.41) is 22.5. The van der Waals surface area contributed by atoms with E-state index < -0.39 is 47.1 Å². The van der Waals surface area contributed by atoms with Gasteiger partial charge in [-0.3, -0.25) is 9.74 Å². The van der Waals surface area contributed by atoms with E-state index in [2.05, 4.69) is 0 Å². The number of carboxylic acid groups (broad SMARTS) is 1. The molecule has 2 aliphatic heterocycles. The molecule has 6 rings (SSSR count). The van der Waals surface area contributed by atoms with E-state index in [1.807, 2.05) is 60.7 Å². The molecule has 3 aromatic carbocycles. The number of fused-ring (bicyclic) bond motifs is 1. The molecule has 5 atom stereocenters. The number of hydrogen-bond acceptors (Lipinski definition) is 8. The standard InChI is InChI=1S/C36H44N2O9S/c39-34(32(22-26-10-4-1-5-11-26)38(36(40)41)33-25-46-35-31(33)20-21-44-35)23-37(47-29-14-8-3-9-15-29)48(42,43)30-18-16-28(17-19-30)45-24-27-12-6-2-7-13-27/h1-2,4-7,10-13,16-19,29,31-35,39H,3,8-9,14-15,20-25H2,(H,40,41)/t31-,32-,33-,34+,35+/m0/s1. The van der Waals surface area contributed by atoms with E-state index >= 15 is 0 Å². The number of aliphatic hydroxyl groups excluding tert-OH is 1. The number of ether oxygens (including phenoxy) is 3. The third-order valence-corrected chi connectivity index (χ3v) is 11.1. The lowest BCUT2D eigenvalue weighted by atomic mass is 9.93. The highest BCUT2D eigenvalue weighted by molar-refractivity contribution is 7.89. The summed E-state index contributed by atoms with van der Waals surface area (Å²) in [6.45, 7) is 0.449. The van der Waals surface area contributed by atoms with Crippen LogP contribution in [0.1, 0.15) is 49.7 Å². The van der Waals surface area contributed by atoms with E-state index in [9.17, 15) is 23.4 Å². The van der Waals surface area contributed by atoms with Gasteiger partial charge in [0.15, 0.2) is 6.29 Å². The second-order valence-electron chi connectivity index (χ2n) is 12.7. The number of rotatable bonds is 14. The molecule has 48 heavy (non-hydrogen) atoms. The molecule has 2 saturated heterocycles. The topological polar surface area (TPSA) is 135 Å². The molecule has 0 spiro atoms. The maximum atomic E-state index is 14.2. The minimum Gasteiger partial charge on any atom is -0.489 e. The van der Waals surface area contributed by atoms with Gasteiger partial charge >= 0.3 is 6.09 Å². The Morgan fingerprint density at radius 3 is 2.21 bits per heavy atom. The Bertz CT molecular complexity index is 1570. The van der Waals surface area contributed by atoms with Crippen LogP contribution < -0.4 is 4.74 Å².